The van der Waals surface area contributed by atoms with Crippen LogP contribution in [0.15, 0.2) is 66.7 Å². The van der Waals surface area contributed by atoms with Crippen molar-refractivity contribution in [3.63, 3.8) is 0 Å². The lowest BCUT2D eigenvalue weighted by molar-refractivity contribution is 0.0605. The molecule has 1 heterocycles. The Bertz CT molecular complexity index is 1350. The molecular weight excluding hydrogens is 480 g/mol. The van der Waals surface area contributed by atoms with Crippen molar-refractivity contribution in [2.45, 2.75) is 53.1 Å². The molecule has 1 amide bonds. The van der Waals surface area contributed by atoms with Gasteiger partial charge in [-0.05, 0) is 61.6 Å². The van der Waals surface area contributed by atoms with Crippen molar-refractivity contribution in [2.24, 2.45) is 11.7 Å². The Morgan fingerprint density at radius 1 is 1.05 bits per heavy atom. The first-order valence-corrected chi connectivity index (χ1v) is 13.5. The fourth-order valence-corrected chi connectivity index (χ4v) is 5.27. The highest BCUT2D eigenvalue weighted by atomic mass is 35.5. The van der Waals surface area contributed by atoms with Gasteiger partial charge in [-0.25, -0.2) is 4.98 Å². The normalized spacial score (nSPS) is 12.3. The first-order chi connectivity index (χ1) is 17.8. The van der Waals surface area contributed by atoms with Gasteiger partial charge in [0, 0.05) is 18.7 Å². The van der Waals surface area contributed by atoms with Crippen LogP contribution in [0.2, 0.25) is 5.02 Å². The quantitative estimate of drug-likeness (QED) is 0.252. The Hall–Kier alpha value is -3.15. The van der Waals surface area contributed by atoms with E-state index in [0.717, 1.165) is 34.4 Å². The highest BCUT2D eigenvalue weighted by molar-refractivity contribution is 6.35. The second-order valence-electron chi connectivity index (χ2n) is 10.00. The number of fused-ring (bicyclic) bond motifs is 1. The molecule has 6 heteroatoms. The Morgan fingerprint density at radius 3 is 2.38 bits per heavy atom. The van der Waals surface area contributed by atoms with Gasteiger partial charge in [-0.15, -0.1) is 0 Å². The van der Waals surface area contributed by atoms with E-state index >= 15 is 0 Å². The minimum absolute atomic E-state index is 0.00851. The minimum Gasteiger partial charge on any atom is -0.330 e. The summed E-state index contributed by atoms with van der Waals surface area (Å²) in [5, 5.41) is 0.689. The maximum absolute atomic E-state index is 14.0. The lowest BCUT2D eigenvalue weighted by atomic mass is 9.99. The molecular formula is C31H37ClN4O. The van der Waals surface area contributed by atoms with Gasteiger partial charge in [0.15, 0.2) is 0 Å². The Kier molecular flexibility index (Phi) is 8.67. The number of imidazole rings is 1. The lowest BCUT2D eigenvalue weighted by Gasteiger charge is -2.34. The summed E-state index contributed by atoms with van der Waals surface area (Å²) in [6.45, 7) is 10.1. The van der Waals surface area contributed by atoms with E-state index in [2.05, 4.69) is 49.6 Å². The van der Waals surface area contributed by atoms with E-state index in [1.807, 2.05) is 54.3 Å². The molecule has 0 aliphatic rings. The summed E-state index contributed by atoms with van der Waals surface area (Å²) in [6.07, 6.45) is 1.54. The number of nitrogens with two attached hydrogens (primary N) is 1. The molecule has 0 bridgehead atoms. The summed E-state index contributed by atoms with van der Waals surface area (Å²) in [6, 6.07) is 22.1. The smallest absolute Gasteiger partial charge is 0.254 e. The molecule has 1 atom stereocenters. The highest BCUT2D eigenvalue weighted by Crippen LogP contribution is 2.36. The zero-order chi connectivity index (χ0) is 26.5. The van der Waals surface area contributed by atoms with E-state index in [9.17, 15) is 4.79 Å². The van der Waals surface area contributed by atoms with Gasteiger partial charge >= 0.3 is 0 Å². The number of halogens is 1. The highest BCUT2D eigenvalue weighted by Gasteiger charge is 2.33. The molecule has 4 aromatic rings. The van der Waals surface area contributed by atoms with Crippen LogP contribution in [0.3, 0.4) is 0 Å². The van der Waals surface area contributed by atoms with Crippen molar-refractivity contribution in [3.8, 4) is 0 Å². The standard InChI is InChI=1S/C31H37ClN4O/c1-5-24-16-17-26-28(27(24)32)34-30(36(26)20-23-10-7-6-8-11-23)29(21(2)3)35(19-9-18-33)31(37)25-14-12-22(4)13-15-25/h6-8,10-17,21,29H,5,9,18-20,33H2,1-4H3. The number of carbonyl (C=O) groups excluding carboxylic acids is 1. The second-order valence-corrected chi connectivity index (χ2v) is 10.4. The third-order valence-corrected chi connectivity index (χ3v) is 7.35. The molecule has 0 aliphatic carbocycles. The van der Waals surface area contributed by atoms with Gasteiger partial charge in [0.1, 0.15) is 11.3 Å². The molecule has 3 aromatic carbocycles. The van der Waals surface area contributed by atoms with Crippen molar-refractivity contribution in [1.29, 1.82) is 0 Å². The number of benzene rings is 3. The molecule has 37 heavy (non-hydrogen) atoms. The molecule has 0 fully saturated rings. The Morgan fingerprint density at radius 2 is 1.76 bits per heavy atom. The largest absolute Gasteiger partial charge is 0.330 e. The second kappa shape index (κ2) is 11.9. The summed E-state index contributed by atoms with van der Waals surface area (Å²) >= 11 is 6.88. The maximum atomic E-state index is 14.0. The molecule has 0 saturated heterocycles. The van der Waals surface area contributed by atoms with Crippen molar-refractivity contribution in [1.82, 2.24) is 14.5 Å². The summed E-state index contributed by atoms with van der Waals surface area (Å²) in [5.74, 6) is 0.954. The van der Waals surface area contributed by atoms with Crippen LogP contribution in [0.5, 0.6) is 0 Å². The van der Waals surface area contributed by atoms with Crippen molar-refractivity contribution in [3.05, 3.63) is 99.8 Å². The lowest BCUT2D eigenvalue weighted by Crippen LogP contribution is -2.40. The summed E-state index contributed by atoms with van der Waals surface area (Å²) in [7, 11) is 0. The van der Waals surface area contributed by atoms with Crippen LogP contribution in [0, 0.1) is 12.8 Å². The number of rotatable bonds is 10. The van der Waals surface area contributed by atoms with Crippen LogP contribution < -0.4 is 5.73 Å². The third-order valence-electron chi connectivity index (χ3n) is 6.93. The number of hydrogen-bond donors (Lipinski definition) is 1. The fraction of sp³-hybridized carbons (Fsp3) is 0.355. The summed E-state index contributed by atoms with van der Waals surface area (Å²) in [4.78, 5) is 21.1. The number of amides is 1. The minimum atomic E-state index is -0.252. The van der Waals surface area contributed by atoms with Crippen molar-refractivity contribution in [2.75, 3.05) is 13.1 Å². The summed E-state index contributed by atoms with van der Waals surface area (Å²) in [5.41, 5.74) is 11.7. The zero-order valence-corrected chi connectivity index (χ0v) is 23.0. The SMILES string of the molecule is CCc1ccc2c(nc(C(C(C)C)N(CCCN)C(=O)c3ccc(C)cc3)n2Cc2ccccc2)c1Cl. The zero-order valence-electron chi connectivity index (χ0n) is 22.2. The first kappa shape index (κ1) is 26.9. The molecule has 0 saturated carbocycles. The van der Waals surface area contributed by atoms with E-state index in [0.29, 0.717) is 36.6 Å². The van der Waals surface area contributed by atoms with Gasteiger partial charge in [0.05, 0.1) is 16.6 Å². The maximum Gasteiger partial charge on any atom is 0.254 e. The van der Waals surface area contributed by atoms with E-state index < -0.39 is 0 Å². The number of aromatic nitrogens is 2. The van der Waals surface area contributed by atoms with Crippen molar-refractivity contribution < 1.29 is 4.79 Å². The van der Waals surface area contributed by atoms with Crippen molar-refractivity contribution >= 4 is 28.5 Å². The number of nitrogens with zero attached hydrogens (tertiary/aromatic N) is 3. The molecule has 1 unspecified atom stereocenters. The van der Waals surface area contributed by atoms with Gasteiger partial charge in [0.2, 0.25) is 0 Å². The van der Waals surface area contributed by atoms with E-state index in [-0.39, 0.29) is 17.9 Å². The van der Waals surface area contributed by atoms with Crippen LogP contribution >= 0.6 is 11.6 Å². The summed E-state index contributed by atoms with van der Waals surface area (Å²) < 4.78 is 2.23. The van der Waals surface area contributed by atoms with E-state index in [1.165, 1.54) is 5.56 Å². The molecule has 0 spiro atoms. The molecule has 0 aliphatic heterocycles. The number of hydrogen-bond acceptors (Lipinski definition) is 3. The average molecular weight is 517 g/mol. The molecule has 5 nitrogen and oxygen atoms in total. The van der Waals surface area contributed by atoms with Gasteiger partial charge in [-0.1, -0.05) is 86.5 Å². The Balaban J connectivity index is 1.90. The van der Waals surface area contributed by atoms with Gasteiger partial charge in [-0.3, -0.25) is 4.79 Å². The molecule has 0 radical (unpaired) electrons. The predicted molar refractivity (Wildman–Crippen MR) is 153 cm³/mol. The number of aryl methyl sites for hydroxylation is 2. The van der Waals surface area contributed by atoms with Crippen LogP contribution in [0.1, 0.15) is 66.1 Å². The van der Waals surface area contributed by atoms with Crippen LogP contribution in [-0.4, -0.2) is 33.4 Å². The topological polar surface area (TPSA) is 64.2 Å². The third kappa shape index (κ3) is 5.73. The fourth-order valence-electron chi connectivity index (χ4n) is 4.94. The van der Waals surface area contributed by atoms with E-state index in [4.69, 9.17) is 22.3 Å². The van der Waals surface area contributed by atoms with Gasteiger partial charge < -0.3 is 15.2 Å². The monoisotopic (exact) mass is 516 g/mol. The van der Waals surface area contributed by atoms with Crippen LogP contribution in [-0.2, 0) is 13.0 Å². The number of carbonyl (C=O) groups is 1. The average Bonchev–Trinajstić information content (AvgIpc) is 3.25. The van der Waals surface area contributed by atoms with E-state index in [1.54, 1.807) is 0 Å². The molecule has 194 valence electrons. The molecule has 4 rings (SSSR count). The molecule has 1 aromatic heterocycles. The van der Waals surface area contributed by atoms with Crippen LogP contribution in [0.25, 0.3) is 11.0 Å². The van der Waals surface area contributed by atoms with Gasteiger partial charge in [-0.2, -0.15) is 0 Å². The molecule has 2 N–H and O–H groups in total. The van der Waals surface area contributed by atoms with Gasteiger partial charge in [0.25, 0.3) is 5.91 Å². The predicted octanol–water partition coefficient (Wildman–Crippen LogP) is 6.80. The Labute approximate surface area is 225 Å². The first-order valence-electron chi connectivity index (χ1n) is 13.1. The van der Waals surface area contributed by atoms with Crippen LogP contribution in [0.4, 0.5) is 0 Å².